The molecule has 1 aromatic rings. The molecule has 0 aliphatic carbocycles. The minimum absolute atomic E-state index is 0.665. The third-order valence-corrected chi connectivity index (χ3v) is 3.29. The highest BCUT2D eigenvalue weighted by molar-refractivity contribution is 5.73. The van der Waals surface area contributed by atoms with Crippen LogP contribution in [0.2, 0.25) is 0 Å². The lowest BCUT2D eigenvalue weighted by Gasteiger charge is -2.26. The van der Waals surface area contributed by atoms with E-state index in [0.717, 1.165) is 31.7 Å². The highest BCUT2D eigenvalue weighted by Gasteiger charge is 2.13. The first-order valence-corrected chi connectivity index (χ1v) is 6.94. The summed E-state index contributed by atoms with van der Waals surface area (Å²) in [5.74, 6) is 1.38. The predicted molar refractivity (Wildman–Crippen MR) is 85.0 cm³/mol. The Bertz CT molecular complexity index is 422. The van der Waals surface area contributed by atoms with Crippen molar-refractivity contribution in [2.45, 2.75) is 13.3 Å². The van der Waals surface area contributed by atoms with Gasteiger partial charge in [-0.15, -0.1) is 0 Å². The van der Waals surface area contributed by atoms with Crippen LogP contribution in [-0.4, -0.2) is 52.8 Å². The van der Waals surface area contributed by atoms with E-state index in [1.807, 2.05) is 12.1 Å². The maximum absolute atomic E-state index is 6.14. The highest BCUT2D eigenvalue weighted by Crippen LogP contribution is 2.36. The number of nitrogen functional groups attached to an aromatic ring is 1. The SMILES string of the molecule is CCN(CCCN(C)C)c1cc(OC)c(OC)cc1N. The number of hydrogen-bond acceptors (Lipinski definition) is 5. The van der Waals surface area contributed by atoms with E-state index in [9.17, 15) is 0 Å². The van der Waals surface area contributed by atoms with Crippen molar-refractivity contribution in [1.82, 2.24) is 4.90 Å². The first kappa shape index (κ1) is 16.4. The number of nitrogens with zero attached hydrogens (tertiary/aromatic N) is 2. The van der Waals surface area contributed by atoms with Gasteiger partial charge in [0.25, 0.3) is 0 Å². The number of anilines is 2. The van der Waals surface area contributed by atoms with Gasteiger partial charge in [0, 0.05) is 25.2 Å². The standard InChI is InChI=1S/C15H27N3O2/c1-6-18(9-7-8-17(2)3)13-11-15(20-5)14(19-4)10-12(13)16/h10-11H,6-9,16H2,1-5H3. The molecule has 20 heavy (non-hydrogen) atoms. The van der Waals surface area contributed by atoms with Crippen molar-refractivity contribution < 1.29 is 9.47 Å². The van der Waals surface area contributed by atoms with Crippen molar-refractivity contribution >= 4 is 11.4 Å². The molecule has 2 N–H and O–H groups in total. The Morgan fingerprint density at radius 3 is 2.15 bits per heavy atom. The Kier molecular flexibility index (Phi) is 6.45. The molecule has 0 bridgehead atoms. The van der Waals surface area contributed by atoms with Gasteiger partial charge >= 0.3 is 0 Å². The van der Waals surface area contributed by atoms with E-state index in [-0.39, 0.29) is 0 Å². The van der Waals surface area contributed by atoms with Crippen LogP contribution in [0.1, 0.15) is 13.3 Å². The second-order valence-electron chi connectivity index (χ2n) is 5.00. The van der Waals surface area contributed by atoms with E-state index in [4.69, 9.17) is 15.2 Å². The van der Waals surface area contributed by atoms with Gasteiger partial charge in [-0.2, -0.15) is 0 Å². The number of benzene rings is 1. The van der Waals surface area contributed by atoms with Gasteiger partial charge < -0.3 is 25.0 Å². The molecule has 0 aliphatic heterocycles. The molecule has 0 aliphatic rings. The number of methoxy groups -OCH3 is 2. The van der Waals surface area contributed by atoms with Crippen molar-refractivity contribution in [3.63, 3.8) is 0 Å². The lowest BCUT2D eigenvalue weighted by Crippen LogP contribution is -2.27. The zero-order chi connectivity index (χ0) is 15.1. The van der Waals surface area contributed by atoms with E-state index < -0.39 is 0 Å². The summed E-state index contributed by atoms with van der Waals surface area (Å²) < 4.78 is 10.6. The van der Waals surface area contributed by atoms with E-state index >= 15 is 0 Å². The van der Waals surface area contributed by atoms with E-state index in [0.29, 0.717) is 17.2 Å². The molecule has 1 rings (SSSR count). The summed E-state index contributed by atoms with van der Waals surface area (Å²) in [6.07, 6.45) is 1.09. The van der Waals surface area contributed by atoms with Crippen LogP contribution in [0, 0.1) is 0 Å². The van der Waals surface area contributed by atoms with Crippen LogP contribution >= 0.6 is 0 Å². The Morgan fingerprint density at radius 2 is 1.65 bits per heavy atom. The third-order valence-electron chi connectivity index (χ3n) is 3.29. The summed E-state index contributed by atoms with van der Waals surface area (Å²) in [7, 11) is 7.42. The van der Waals surface area contributed by atoms with Crippen LogP contribution in [0.25, 0.3) is 0 Å². The topological polar surface area (TPSA) is 51.0 Å². The average molecular weight is 281 g/mol. The molecular weight excluding hydrogens is 254 g/mol. The van der Waals surface area contributed by atoms with Gasteiger partial charge in [0.1, 0.15) is 0 Å². The summed E-state index contributed by atoms with van der Waals surface area (Å²) in [4.78, 5) is 4.45. The molecule has 0 amide bonds. The van der Waals surface area contributed by atoms with Gasteiger partial charge in [-0.3, -0.25) is 0 Å². The Hall–Kier alpha value is -1.62. The third kappa shape index (κ3) is 4.20. The van der Waals surface area contributed by atoms with Gasteiger partial charge in [-0.25, -0.2) is 0 Å². The Balaban J connectivity index is 2.91. The molecule has 0 saturated heterocycles. The zero-order valence-corrected chi connectivity index (χ0v) is 13.3. The first-order chi connectivity index (χ1) is 9.53. The summed E-state index contributed by atoms with van der Waals surface area (Å²) >= 11 is 0. The number of hydrogen-bond donors (Lipinski definition) is 1. The number of rotatable bonds is 8. The molecule has 0 unspecified atom stereocenters. The predicted octanol–water partition coefficient (Wildman–Crippen LogP) is 2.06. The largest absolute Gasteiger partial charge is 0.493 e. The van der Waals surface area contributed by atoms with Crippen LogP contribution in [0.4, 0.5) is 11.4 Å². The molecule has 0 fully saturated rings. The van der Waals surface area contributed by atoms with E-state index in [1.165, 1.54) is 0 Å². The second-order valence-corrected chi connectivity index (χ2v) is 5.00. The molecule has 0 atom stereocenters. The molecule has 0 saturated carbocycles. The van der Waals surface area contributed by atoms with Crippen molar-refractivity contribution in [2.75, 3.05) is 58.6 Å². The fraction of sp³-hybridized carbons (Fsp3) is 0.600. The smallest absolute Gasteiger partial charge is 0.162 e. The maximum atomic E-state index is 6.14. The molecule has 0 radical (unpaired) electrons. The van der Waals surface area contributed by atoms with Gasteiger partial charge in [-0.05, 0) is 34.0 Å². The fourth-order valence-electron chi connectivity index (χ4n) is 2.18. The van der Waals surface area contributed by atoms with Crippen molar-refractivity contribution in [1.29, 1.82) is 0 Å². The Morgan fingerprint density at radius 1 is 1.05 bits per heavy atom. The number of nitrogens with two attached hydrogens (primary N) is 1. The minimum Gasteiger partial charge on any atom is -0.493 e. The average Bonchev–Trinajstić information content (AvgIpc) is 2.43. The quantitative estimate of drug-likeness (QED) is 0.739. The zero-order valence-electron chi connectivity index (χ0n) is 13.3. The van der Waals surface area contributed by atoms with Crippen LogP contribution in [0.5, 0.6) is 11.5 Å². The monoisotopic (exact) mass is 281 g/mol. The lowest BCUT2D eigenvalue weighted by atomic mass is 10.2. The molecule has 114 valence electrons. The van der Waals surface area contributed by atoms with Crippen molar-refractivity contribution in [3.8, 4) is 11.5 Å². The van der Waals surface area contributed by atoms with Crippen molar-refractivity contribution in [3.05, 3.63) is 12.1 Å². The number of ether oxygens (including phenoxy) is 2. The Labute approximate surface area is 122 Å². The first-order valence-electron chi connectivity index (χ1n) is 6.94. The summed E-state index contributed by atoms with van der Waals surface area (Å²) in [5, 5.41) is 0. The molecule has 0 aromatic heterocycles. The second kappa shape index (κ2) is 7.85. The fourth-order valence-corrected chi connectivity index (χ4v) is 2.18. The van der Waals surface area contributed by atoms with Crippen LogP contribution < -0.4 is 20.1 Å². The van der Waals surface area contributed by atoms with Gasteiger partial charge in [0.05, 0.1) is 25.6 Å². The molecule has 0 heterocycles. The summed E-state index contributed by atoms with van der Waals surface area (Å²) in [5.41, 5.74) is 7.86. The van der Waals surface area contributed by atoms with Crippen molar-refractivity contribution in [2.24, 2.45) is 0 Å². The van der Waals surface area contributed by atoms with Gasteiger partial charge in [-0.1, -0.05) is 0 Å². The highest BCUT2D eigenvalue weighted by atomic mass is 16.5. The lowest BCUT2D eigenvalue weighted by molar-refractivity contribution is 0.355. The molecule has 5 nitrogen and oxygen atoms in total. The van der Waals surface area contributed by atoms with Crippen LogP contribution in [-0.2, 0) is 0 Å². The minimum atomic E-state index is 0.665. The van der Waals surface area contributed by atoms with Gasteiger partial charge in [0.2, 0.25) is 0 Å². The van der Waals surface area contributed by atoms with E-state index in [1.54, 1.807) is 14.2 Å². The normalized spacial score (nSPS) is 10.7. The summed E-state index contributed by atoms with van der Waals surface area (Å²) in [6.45, 7) is 5.07. The van der Waals surface area contributed by atoms with Crippen LogP contribution in [0.3, 0.4) is 0 Å². The van der Waals surface area contributed by atoms with Gasteiger partial charge in [0.15, 0.2) is 11.5 Å². The van der Waals surface area contributed by atoms with E-state index in [2.05, 4.69) is 30.8 Å². The molecule has 0 spiro atoms. The van der Waals surface area contributed by atoms with Crippen LogP contribution in [0.15, 0.2) is 12.1 Å². The molecular formula is C15H27N3O2. The molecule has 1 aromatic carbocycles. The molecule has 5 heteroatoms. The maximum Gasteiger partial charge on any atom is 0.162 e. The summed E-state index contributed by atoms with van der Waals surface area (Å²) in [6, 6.07) is 3.77.